The number of benzene rings is 2. The Morgan fingerprint density at radius 1 is 1.08 bits per heavy atom. The fourth-order valence-electron chi connectivity index (χ4n) is 2.54. The lowest BCUT2D eigenvalue weighted by Gasteiger charge is -2.12. The van der Waals surface area contributed by atoms with Crippen LogP contribution in [-0.2, 0) is 4.79 Å². The molecule has 0 spiro atoms. The Morgan fingerprint density at radius 2 is 1.88 bits per heavy atom. The fraction of sp³-hybridized carbons (Fsp3) is 0.316. The summed E-state index contributed by atoms with van der Waals surface area (Å²) in [6.45, 7) is 5.19. The fourth-order valence-corrected chi connectivity index (χ4v) is 2.54. The third-order valence-corrected chi connectivity index (χ3v) is 3.72. The summed E-state index contributed by atoms with van der Waals surface area (Å²) in [6.07, 6.45) is 0.847. The van der Waals surface area contributed by atoms with Crippen molar-refractivity contribution >= 4 is 11.6 Å². The summed E-state index contributed by atoms with van der Waals surface area (Å²) in [7, 11) is 0. The molecule has 0 aromatic heterocycles. The van der Waals surface area contributed by atoms with Crippen LogP contribution < -0.4 is 19.5 Å². The Hall–Kier alpha value is -2.69. The Balaban J connectivity index is 1.59. The summed E-state index contributed by atoms with van der Waals surface area (Å²) in [4.78, 5) is 12.1. The largest absolute Gasteiger partial charge is 0.490 e. The van der Waals surface area contributed by atoms with Crippen LogP contribution in [0.5, 0.6) is 17.2 Å². The van der Waals surface area contributed by atoms with Gasteiger partial charge in [0.15, 0.2) is 18.1 Å². The van der Waals surface area contributed by atoms with E-state index in [0.717, 1.165) is 23.3 Å². The number of carbonyl (C=O) groups is 1. The number of fused-ring (bicyclic) bond motifs is 1. The third-order valence-electron chi connectivity index (χ3n) is 3.72. The molecule has 0 atom stereocenters. The standard InChI is InChI=1S/C19H21NO4/c1-13-4-6-16(14(2)10-13)24-12-19(21)20-15-5-7-17-18(11-15)23-9-3-8-22-17/h4-7,10-11H,3,8-9,12H2,1-2H3,(H,20,21). The van der Waals surface area contributed by atoms with Gasteiger partial charge in [-0.1, -0.05) is 17.7 Å². The molecule has 0 aliphatic carbocycles. The molecule has 0 unspecified atom stereocenters. The van der Waals surface area contributed by atoms with Gasteiger partial charge in [-0.2, -0.15) is 0 Å². The van der Waals surface area contributed by atoms with Gasteiger partial charge in [-0.3, -0.25) is 4.79 Å². The van der Waals surface area contributed by atoms with E-state index in [1.54, 1.807) is 18.2 Å². The van der Waals surface area contributed by atoms with Crippen molar-refractivity contribution in [1.29, 1.82) is 0 Å². The Morgan fingerprint density at radius 3 is 2.67 bits per heavy atom. The first kappa shape index (κ1) is 16.2. The Bertz CT molecular complexity index is 742. The van der Waals surface area contributed by atoms with Crippen molar-refractivity contribution in [2.75, 3.05) is 25.1 Å². The Kier molecular flexibility index (Phi) is 4.89. The molecule has 0 saturated heterocycles. The number of hydrogen-bond acceptors (Lipinski definition) is 4. The van der Waals surface area contributed by atoms with Crippen LogP contribution in [0.4, 0.5) is 5.69 Å². The Labute approximate surface area is 141 Å². The number of hydrogen-bond donors (Lipinski definition) is 1. The van der Waals surface area contributed by atoms with E-state index in [4.69, 9.17) is 14.2 Å². The molecule has 0 fully saturated rings. The summed E-state index contributed by atoms with van der Waals surface area (Å²) < 4.78 is 16.8. The average Bonchev–Trinajstić information content (AvgIpc) is 2.79. The highest BCUT2D eigenvalue weighted by Gasteiger charge is 2.12. The molecule has 5 heteroatoms. The summed E-state index contributed by atoms with van der Waals surface area (Å²) in [5.41, 5.74) is 2.84. The van der Waals surface area contributed by atoms with Gasteiger partial charge in [0, 0.05) is 18.2 Å². The summed E-state index contributed by atoms with van der Waals surface area (Å²) in [6, 6.07) is 11.2. The van der Waals surface area contributed by atoms with Crippen LogP contribution in [0, 0.1) is 13.8 Å². The topological polar surface area (TPSA) is 56.8 Å². The maximum absolute atomic E-state index is 12.1. The van der Waals surface area contributed by atoms with E-state index >= 15 is 0 Å². The highest BCUT2D eigenvalue weighted by atomic mass is 16.5. The van der Waals surface area contributed by atoms with Crippen LogP contribution in [0.25, 0.3) is 0 Å². The molecule has 2 aromatic rings. The second-order valence-corrected chi connectivity index (χ2v) is 5.82. The molecule has 24 heavy (non-hydrogen) atoms. The number of rotatable bonds is 4. The van der Waals surface area contributed by atoms with E-state index in [9.17, 15) is 4.79 Å². The number of ether oxygens (including phenoxy) is 3. The highest BCUT2D eigenvalue weighted by molar-refractivity contribution is 5.92. The van der Waals surface area contributed by atoms with Crippen molar-refractivity contribution < 1.29 is 19.0 Å². The maximum atomic E-state index is 12.1. The predicted octanol–water partition coefficient (Wildman–Crippen LogP) is 3.48. The lowest BCUT2D eigenvalue weighted by molar-refractivity contribution is -0.118. The summed E-state index contributed by atoms with van der Waals surface area (Å²) in [5.74, 6) is 1.86. The van der Waals surface area contributed by atoms with Crippen LogP contribution in [0.2, 0.25) is 0 Å². The van der Waals surface area contributed by atoms with Gasteiger partial charge in [0.1, 0.15) is 5.75 Å². The zero-order chi connectivity index (χ0) is 16.9. The highest BCUT2D eigenvalue weighted by Crippen LogP contribution is 2.32. The number of carbonyl (C=O) groups excluding carboxylic acids is 1. The molecular weight excluding hydrogens is 306 g/mol. The molecule has 0 radical (unpaired) electrons. The zero-order valence-electron chi connectivity index (χ0n) is 13.9. The van der Waals surface area contributed by atoms with Crippen LogP contribution in [0.15, 0.2) is 36.4 Å². The van der Waals surface area contributed by atoms with Crippen molar-refractivity contribution in [2.45, 2.75) is 20.3 Å². The minimum absolute atomic E-state index is 0.0433. The van der Waals surface area contributed by atoms with Gasteiger partial charge in [-0.25, -0.2) is 0 Å². The molecule has 5 nitrogen and oxygen atoms in total. The van der Waals surface area contributed by atoms with E-state index in [1.807, 2.05) is 32.0 Å². The summed E-state index contributed by atoms with van der Waals surface area (Å²) in [5, 5.41) is 2.81. The van der Waals surface area contributed by atoms with Crippen molar-refractivity contribution in [3.8, 4) is 17.2 Å². The average molecular weight is 327 g/mol. The van der Waals surface area contributed by atoms with Crippen LogP contribution >= 0.6 is 0 Å². The first-order valence-electron chi connectivity index (χ1n) is 8.01. The molecule has 0 saturated carbocycles. The first-order chi connectivity index (χ1) is 11.6. The van der Waals surface area contributed by atoms with Gasteiger partial charge in [-0.05, 0) is 37.6 Å². The van der Waals surface area contributed by atoms with Crippen molar-refractivity contribution in [2.24, 2.45) is 0 Å². The second-order valence-electron chi connectivity index (χ2n) is 5.82. The monoisotopic (exact) mass is 327 g/mol. The lowest BCUT2D eigenvalue weighted by Crippen LogP contribution is -2.20. The van der Waals surface area contributed by atoms with E-state index in [2.05, 4.69) is 5.32 Å². The van der Waals surface area contributed by atoms with Crippen molar-refractivity contribution in [3.05, 3.63) is 47.5 Å². The van der Waals surface area contributed by atoms with Gasteiger partial charge in [0.05, 0.1) is 13.2 Å². The molecule has 2 aromatic carbocycles. The third kappa shape index (κ3) is 3.98. The lowest BCUT2D eigenvalue weighted by atomic mass is 10.1. The van der Waals surface area contributed by atoms with Crippen LogP contribution in [0.3, 0.4) is 0 Å². The number of amides is 1. The van der Waals surface area contributed by atoms with Gasteiger partial charge >= 0.3 is 0 Å². The molecule has 3 rings (SSSR count). The second kappa shape index (κ2) is 7.25. The molecular formula is C19H21NO4. The van der Waals surface area contributed by atoms with E-state index < -0.39 is 0 Å². The minimum atomic E-state index is -0.218. The van der Waals surface area contributed by atoms with Crippen molar-refractivity contribution in [1.82, 2.24) is 0 Å². The SMILES string of the molecule is Cc1ccc(OCC(=O)Nc2ccc3c(c2)OCCCO3)c(C)c1. The van der Waals surface area contributed by atoms with E-state index in [1.165, 1.54) is 0 Å². The molecule has 126 valence electrons. The number of aryl methyl sites for hydroxylation is 2. The smallest absolute Gasteiger partial charge is 0.262 e. The maximum Gasteiger partial charge on any atom is 0.262 e. The van der Waals surface area contributed by atoms with Crippen molar-refractivity contribution in [3.63, 3.8) is 0 Å². The van der Waals surface area contributed by atoms with E-state index in [-0.39, 0.29) is 12.5 Å². The zero-order valence-corrected chi connectivity index (χ0v) is 13.9. The number of nitrogens with one attached hydrogen (secondary N) is 1. The van der Waals surface area contributed by atoms with Gasteiger partial charge in [0.25, 0.3) is 5.91 Å². The summed E-state index contributed by atoms with van der Waals surface area (Å²) >= 11 is 0. The van der Waals surface area contributed by atoms with Crippen LogP contribution in [-0.4, -0.2) is 25.7 Å². The normalized spacial score (nSPS) is 13.1. The molecule has 1 aliphatic rings. The molecule has 1 N–H and O–H groups in total. The molecule has 1 heterocycles. The quantitative estimate of drug-likeness (QED) is 0.934. The minimum Gasteiger partial charge on any atom is -0.490 e. The molecule has 1 aliphatic heterocycles. The van der Waals surface area contributed by atoms with Gasteiger partial charge in [0.2, 0.25) is 0 Å². The molecule has 1 amide bonds. The van der Waals surface area contributed by atoms with Crippen LogP contribution in [0.1, 0.15) is 17.5 Å². The van der Waals surface area contributed by atoms with Gasteiger partial charge in [-0.15, -0.1) is 0 Å². The predicted molar refractivity (Wildman–Crippen MR) is 92.1 cm³/mol. The first-order valence-corrected chi connectivity index (χ1v) is 8.01. The molecule has 0 bridgehead atoms. The van der Waals surface area contributed by atoms with E-state index in [0.29, 0.717) is 30.4 Å². The van der Waals surface area contributed by atoms with Gasteiger partial charge < -0.3 is 19.5 Å². The number of anilines is 1.